The van der Waals surface area contributed by atoms with Gasteiger partial charge in [-0.1, -0.05) is 37.1 Å². The molecule has 34 heavy (non-hydrogen) atoms. The van der Waals surface area contributed by atoms with Crippen molar-refractivity contribution in [3.05, 3.63) is 100 Å². The van der Waals surface area contributed by atoms with Crippen molar-refractivity contribution in [2.75, 3.05) is 6.61 Å². The van der Waals surface area contributed by atoms with Gasteiger partial charge in [-0.15, -0.1) is 0 Å². The molecule has 7 heteroatoms. The molecule has 1 heterocycles. The lowest BCUT2D eigenvalue weighted by molar-refractivity contribution is -0.129. The summed E-state index contributed by atoms with van der Waals surface area (Å²) >= 11 is 5.84. The van der Waals surface area contributed by atoms with Crippen LogP contribution < -0.4 is 9.47 Å². The summed E-state index contributed by atoms with van der Waals surface area (Å²) in [5, 5.41) is 0.540. The SMILES string of the molecule is CCCCOc1ccc(C2=N/C(=C/c3ccc(OC(=O)c4ccc(Cl)cc4)cc3)C(=O)O2)cc1. The normalized spacial score (nSPS) is 14.0. The van der Waals surface area contributed by atoms with Crippen molar-refractivity contribution in [3.63, 3.8) is 0 Å². The second-order valence-corrected chi connectivity index (χ2v) is 7.96. The number of ether oxygens (including phenoxy) is 3. The number of hydrogen-bond acceptors (Lipinski definition) is 6. The van der Waals surface area contributed by atoms with Crippen molar-refractivity contribution < 1.29 is 23.8 Å². The summed E-state index contributed by atoms with van der Waals surface area (Å²) in [6, 6.07) is 20.4. The van der Waals surface area contributed by atoms with E-state index in [9.17, 15) is 9.59 Å². The molecule has 0 atom stereocenters. The molecule has 0 N–H and O–H groups in total. The predicted octanol–water partition coefficient (Wildman–Crippen LogP) is 6.08. The Balaban J connectivity index is 1.41. The number of rotatable bonds is 8. The van der Waals surface area contributed by atoms with E-state index in [-0.39, 0.29) is 11.6 Å². The molecule has 0 aliphatic carbocycles. The number of unbranched alkanes of at least 4 members (excludes halogenated alkanes) is 1. The Labute approximate surface area is 202 Å². The van der Waals surface area contributed by atoms with Gasteiger partial charge in [-0.3, -0.25) is 0 Å². The molecule has 0 saturated carbocycles. The van der Waals surface area contributed by atoms with Crippen LogP contribution in [0.4, 0.5) is 0 Å². The summed E-state index contributed by atoms with van der Waals surface area (Å²) < 4.78 is 16.4. The molecule has 1 aliphatic heterocycles. The molecule has 0 aromatic heterocycles. The monoisotopic (exact) mass is 475 g/mol. The van der Waals surface area contributed by atoms with E-state index in [4.69, 9.17) is 25.8 Å². The number of hydrogen-bond donors (Lipinski definition) is 0. The number of aliphatic imine (C=N–C) groups is 1. The number of carbonyl (C=O) groups excluding carboxylic acids is 2. The molecule has 172 valence electrons. The highest BCUT2D eigenvalue weighted by molar-refractivity contribution is 6.30. The maximum Gasteiger partial charge on any atom is 0.363 e. The third kappa shape index (κ3) is 5.91. The van der Waals surface area contributed by atoms with Gasteiger partial charge in [-0.2, -0.15) is 0 Å². The Hall–Kier alpha value is -3.90. The van der Waals surface area contributed by atoms with Crippen molar-refractivity contribution in [3.8, 4) is 11.5 Å². The number of benzene rings is 3. The van der Waals surface area contributed by atoms with E-state index in [2.05, 4.69) is 11.9 Å². The number of nitrogens with zero attached hydrogens (tertiary/aromatic N) is 1. The maximum atomic E-state index is 12.3. The summed E-state index contributed by atoms with van der Waals surface area (Å²) in [7, 11) is 0. The van der Waals surface area contributed by atoms with E-state index in [1.165, 1.54) is 0 Å². The molecule has 0 spiro atoms. The molecule has 0 saturated heterocycles. The fraction of sp³-hybridized carbons (Fsp3) is 0.148. The molecule has 3 aromatic rings. The molecule has 0 fully saturated rings. The highest BCUT2D eigenvalue weighted by atomic mass is 35.5. The van der Waals surface area contributed by atoms with Gasteiger partial charge < -0.3 is 14.2 Å². The van der Waals surface area contributed by atoms with Gasteiger partial charge in [0.1, 0.15) is 11.5 Å². The Bertz CT molecular complexity index is 1230. The average molecular weight is 476 g/mol. The van der Waals surface area contributed by atoms with Crippen LogP contribution in [0.2, 0.25) is 5.02 Å². The Kier molecular flexibility index (Phi) is 7.40. The van der Waals surface area contributed by atoms with E-state index < -0.39 is 11.9 Å². The highest BCUT2D eigenvalue weighted by Crippen LogP contribution is 2.22. The fourth-order valence-corrected chi connectivity index (χ4v) is 3.23. The summed E-state index contributed by atoms with van der Waals surface area (Å²) in [5.41, 5.74) is 1.97. The minimum absolute atomic E-state index is 0.184. The Morgan fingerprint density at radius 1 is 0.971 bits per heavy atom. The van der Waals surface area contributed by atoms with E-state index in [1.54, 1.807) is 66.7 Å². The van der Waals surface area contributed by atoms with Crippen LogP contribution in [-0.2, 0) is 9.53 Å². The number of halogens is 1. The van der Waals surface area contributed by atoms with Gasteiger partial charge in [0.05, 0.1) is 12.2 Å². The molecular weight excluding hydrogens is 454 g/mol. The Morgan fingerprint density at radius 3 is 2.32 bits per heavy atom. The average Bonchev–Trinajstić information content (AvgIpc) is 3.21. The van der Waals surface area contributed by atoms with Crippen LogP contribution in [0.25, 0.3) is 6.08 Å². The standard InChI is InChI=1S/C27H22ClNO5/c1-2-3-16-32-22-14-8-19(9-15-22)25-29-24(27(31)34-25)17-18-4-12-23(13-5-18)33-26(30)20-6-10-21(28)11-7-20/h4-15,17H,2-3,16H2,1H3/b24-17+. The van der Waals surface area contributed by atoms with Crippen molar-refractivity contribution >= 4 is 35.5 Å². The molecule has 0 bridgehead atoms. The summed E-state index contributed by atoms with van der Waals surface area (Å²) in [4.78, 5) is 28.8. The largest absolute Gasteiger partial charge is 0.494 e. The fourth-order valence-electron chi connectivity index (χ4n) is 3.10. The van der Waals surface area contributed by atoms with E-state index in [0.717, 1.165) is 18.6 Å². The predicted molar refractivity (Wildman–Crippen MR) is 130 cm³/mol. The Morgan fingerprint density at radius 2 is 1.65 bits per heavy atom. The lowest BCUT2D eigenvalue weighted by Gasteiger charge is -2.05. The van der Waals surface area contributed by atoms with E-state index in [0.29, 0.717) is 34.1 Å². The zero-order valence-corrected chi connectivity index (χ0v) is 19.2. The minimum Gasteiger partial charge on any atom is -0.494 e. The quantitative estimate of drug-likeness (QED) is 0.171. The number of esters is 2. The molecule has 4 rings (SSSR count). The summed E-state index contributed by atoms with van der Waals surface area (Å²) in [6.45, 7) is 2.77. The van der Waals surface area contributed by atoms with Crippen LogP contribution in [0, 0.1) is 0 Å². The van der Waals surface area contributed by atoms with Gasteiger partial charge in [0.15, 0.2) is 5.70 Å². The summed E-state index contributed by atoms with van der Waals surface area (Å²) in [6.07, 6.45) is 3.67. The van der Waals surface area contributed by atoms with Crippen molar-refractivity contribution in [2.45, 2.75) is 19.8 Å². The zero-order valence-electron chi connectivity index (χ0n) is 18.5. The third-order valence-electron chi connectivity index (χ3n) is 4.96. The lowest BCUT2D eigenvalue weighted by Crippen LogP contribution is -2.08. The number of carbonyl (C=O) groups is 2. The van der Waals surface area contributed by atoms with E-state index in [1.807, 2.05) is 12.1 Å². The molecule has 0 amide bonds. The van der Waals surface area contributed by atoms with Crippen LogP contribution in [0.1, 0.15) is 41.3 Å². The second-order valence-electron chi connectivity index (χ2n) is 7.53. The molecular formula is C27H22ClNO5. The highest BCUT2D eigenvalue weighted by Gasteiger charge is 2.24. The third-order valence-corrected chi connectivity index (χ3v) is 5.21. The summed E-state index contributed by atoms with van der Waals surface area (Å²) in [5.74, 6) is 0.357. The van der Waals surface area contributed by atoms with Crippen LogP contribution in [0.15, 0.2) is 83.5 Å². The van der Waals surface area contributed by atoms with Crippen molar-refractivity contribution in [2.24, 2.45) is 4.99 Å². The first kappa shape index (κ1) is 23.3. The van der Waals surface area contributed by atoms with Crippen molar-refractivity contribution in [1.82, 2.24) is 0 Å². The van der Waals surface area contributed by atoms with Gasteiger partial charge in [0.2, 0.25) is 5.90 Å². The van der Waals surface area contributed by atoms with Crippen molar-refractivity contribution in [1.29, 1.82) is 0 Å². The molecule has 0 unspecified atom stereocenters. The van der Waals surface area contributed by atoms with Gasteiger partial charge in [-0.25, -0.2) is 14.6 Å². The smallest absolute Gasteiger partial charge is 0.363 e. The van der Waals surface area contributed by atoms with Gasteiger partial charge in [-0.05, 0) is 78.7 Å². The van der Waals surface area contributed by atoms with Crippen LogP contribution in [-0.4, -0.2) is 24.4 Å². The van der Waals surface area contributed by atoms with Crippen LogP contribution in [0.5, 0.6) is 11.5 Å². The molecule has 0 radical (unpaired) electrons. The molecule has 1 aliphatic rings. The van der Waals surface area contributed by atoms with Crippen LogP contribution in [0.3, 0.4) is 0 Å². The van der Waals surface area contributed by atoms with Gasteiger partial charge >= 0.3 is 11.9 Å². The van der Waals surface area contributed by atoms with Gasteiger partial charge in [0, 0.05) is 10.6 Å². The van der Waals surface area contributed by atoms with E-state index >= 15 is 0 Å². The molecule has 6 nitrogen and oxygen atoms in total. The topological polar surface area (TPSA) is 74.2 Å². The second kappa shape index (κ2) is 10.8. The first-order chi connectivity index (χ1) is 16.5. The molecule has 3 aromatic carbocycles. The van der Waals surface area contributed by atoms with Gasteiger partial charge in [0.25, 0.3) is 0 Å². The zero-order chi connectivity index (χ0) is 23.9. The maximum absolute atomic E-state index is 12.3. The first-order valence-corrected chi connectivity index (χ1v) is 11.2. The number of cyclic esters (lactones) is 1. The lowest BCUT2D eigenvalue weighted by atomic mass is 10.2. The first-order valence-electron chi connectivity index (χ1n) is 10.9. The minimum atomic E-state index is -0.531. The van der Waals surface area contributed by atoms with Crippen LogP contribution >= 0.6 is 11.6 Å².